The number of rotatable bonds is 6. The molecule has 0 aliphatic carbocycles. The maximum Gasteiger partial charge on any atom is 0.335 e. The Morgan fingerprint density at radius 2 is 1.97 bits per heavy atom. The SMILES string of the molecule is O=c1[nH]/c(=N\c2ccc(Oc3ccon3)c(F)c2)n(Cc2ccc(Cl)cc2)c(=O)n1C1COC1. The highest BCUT2D eigenvalue weighted by Crippen LogP contribution is 2.26. The molecule has 1 aliphatic heterocycles. The van der Waals surface area contributed by atoms with Crippen LogP contribution >= 0.6 is 11.6 Å². The van der Waals surface area contributed by atoms with Crippen LogP contribution in [0.2, 0.25) is 5.02 Å². The van der Waals surface area contributed by atoms with Gasteiger partial charge >= 0.3 is 11.4 Å². The molecular weight excluding hydrogens is 469 g/mol. The van der Waals surface area contributed by atoms with Crippen LogP contribution in [0, 0.1) is 5.82 Å². The number of H-pyrrole nitrogens is 1. The van der Waals surface area contributed by atoms with Crippen LogP contribution in [0.3, 0.4) is 0 Å². The van der Waals surface area contributed by atoms with Gasteiger partial charge in [0.1, 0.15) is 6.26 Å². The molecule has 12 heteroatoms. The third-order valence-electron chi connectivity index (χ3n) is 5.15. The Hall–Kier alpha value is -3.96. The molecule has 0 atom stereocenters. The van der Waals surface area contributed by atoms with E-state index in [1.165, 1.54) is 29.0 Å². The van der Waals surface area contributed by atoms with Gasteiger partial charge in [-0.25, -0.2) is 23.5 Å². The summed E-state index contributed by atoms with van der Waals surface area (Å²) in [5.41, 5.74) is -0.303. The van der Waals surface area contributed by atoms with Crippen LogP contribution in [0.15, 0.2) is 73.9 Å². The summed E-state index contributed by atoms with van der Waals surface area (Å²) in [5.74, 6) is -0.705. The van der Waals surface area contributed by atoms with Crippen molar-refractivity contribution in [2.45, 2.75) is 12.6 Å². The minimum Gasteiger partial charge on any atom is -0.433 e. The second-order valence-corrected chi connectivity index (χ2v) is 7.91. The summed E-state index contributed by atoms with van der Waals surface area (Å²) in [7, 11) is 0. The molecule has 0 amide bonds. The van der Waals surface area contributed by atoms with E-state index in [1.807, 2.05) is 0 Å². The number of hydrogen-bond acceptors (Lipinski definition) is 7. The molecule has 10 nitrogen and oxygen atoms in total. The number of benzene rings is 2. The number of halogens is 2. The Morgan fingerprint density at radius 3 is 2.62 bits per heavy atom. The molecule has 1 N–H and O–H groups in total. The molecule has 0 unspecified atom stereocenters. The summed E-state index contributed by atoms with van der Waals surface area (Å²) in [5, 5.41) is 4.12. The molecule has 2 aromatic heterocycles. The van der Waals surface area contributed by atoms with E-state index < -0.39 is 17.2 Å². The Morgan fingerprint density at radius 1 is 1.18 bits per heavy atom. The highest BCUT2D eigenvalue weighted by atomic mass is 35.5. The fraction of sp³-hybridized carbons (Fsp3) is 0.182. The van der Waals surface area contributed by atoms with Crippen LogP contribution in [0.5, 0.6) is 11.6 Å². The molecule has 1 aliphatic rings. The third kappa shape index (κ3) is 4.43. The zero-order chi connectivity index (χ0) is 23.7. The Labute approximate surface area is 195 Å². The molecule has 5 rings (SSSR count). The van der Waals surface area contributed by atoms with Crippen molar-refractivity contribution in [3.05, 3.63) is 97.8 Å². The van der Waals surface area contributed by atoms with Gasteiger partial charge in [0.15, 0.2) is 11.6 Å². The van der Waals surface area contributed by atoms with Crippen LogP contribution in [-0.2, 0) is 11.3 Å². The number of nitrogens with one attached hydrogen (secondary N) is 1. The average Bonchev–Trinajstić information content (AvgIpc) is 3.29. The van der Waals surface area contributed by atoms with Crippen molar-refractivity contribution in [2.75, 3.05) is 13.2 Å². The lowest BCUT2D eigenvalue weighted by molar-refractivity contribution is -0.0281. The fourth-order valence-electron chi connectivity index (χ4n) is 3.36. The molecule has 0 saturated carbocycles. The maximum atomic E-state index is 14.6. The van der Waals surface area contributed by atoms with Crippen molar-refractivity contribution in [1.29, 1.82) is 0 Å². The second kappa shape index (κ2) is 9.12. The van der Waals surface area contributed by atoms with E-state index in [2.05, 4.69) is 19.7 Å². The van der Waals surface area contributed by atoms with Gasteiger partial charge in [0.05, 0.1) is 31.5 Å². The minimum atomic E-state index is -0.712. The average molecular weight is 486 g/mol. The summed E-state index contributed by atoms with van der Waals surface area (Å²) < 4.78 is 32.1. The van der Waals surface area contributed by atoms with Gasteiger partial charge in [-0.1, -0.05) is 23.7 Å². The lowest BCUT2D eigenvalue weighted by Crippen LogP contribution is -2.54. The Balaban J connectivity index is 1.58. The largest absolute Gasteiger partial charge is 0.433 e. The number of nitrogens with zero attached hydrogens (tertiary/aromatic N) is 4. The van der Waals surface area contributed by atoms with Crippen molar-refractivity contribution in [3.8, 4) is 11.6 Å². The summed E-state index contributed by atoms with van der Waals surface area (Å²) in [6.07, 6.45) is 1.30. The van der Waals surface area contributed by atoms with Crippen LogP contribution in [0.4, 0.5) is 10.1 Å². The zero-order valence-electron chi connectivity index (χ0n) is 17.5. The highest BCUT2D eigenvalue weighted by Gasteiger charge is 2.25. The Bertz CT molecular complexity index is 1500. The Kier molecular flexibility index (Phi) is 5.86. The molecule has 1 saturated heterocycles. The predicted molar refractivity (Wildman–Crippen MR) is 118 cm³/mol. The minimum absolute atomic E-state index is 0.0361. The smallest absolute Gasteiger partial charge is 0.335 e. The van der Waals surface area contributed by atoms with Gasteiger partial charge in [-0.2, -0.15) is 0 Å². The van der Waals surface area contributed by atoms with E-state index in [1.54, 1.807) is 24.3 Å². The van der Waals surface area contributed by atoms with Crippen molar-refractivity contribution in [1.82, 2.24) is 19.3 Å². The van der Waals surface area contributed by atoms with Gasteiger partial charge < -0.3 is 14.0 Å². The molecule has 174 valence electrons. The van der Waals surface area contributed by atoms with E-state index in [0.717, 1.165) is 16.2 Å². The van der Waals surface area contributed by atoms with Gasteiger partial charge in [-0.05, 0) is 35.0 Å². The number of aromatic nitrogens is 4. The van der Waals surface area contributed by atoms with Gasteiger partial charge in [-0.3, -0.25) is 9.55 Å². The van der Waals surface area contributed by atoms with Crippen LogP contribution in [-0.4, -0.2) is 32.5 Å². The normalized spacial score (nSPS) is 14.2. The molecule has 2 aromatic carbocycles. The van der Waals surface area contributed by atoms with E-state index in [0.29, 0.717) is 5.02 Å². The first kappa shape index (κ1) is 21.9. The zero-order valence-corrected chi connectivity index (χ0v) is 18.2. The fourth-order valence-corrected chi connectivity index (χ4v) is 3.49. The lowest BCUT2D eigenvalue weighted by Gasteiger charge is -2.27. The predicted octanol–water partition coefficient (Wildman–Crippen LogP) is 2.76. The molecule has 3 heterocycles. The molecule has 1 fully saturated rings. The molecule has 34 heavy (non-hydrogen) atoms. The first-order valence-corrected chi connectivity index (χ1v) is 10.6. The van der Waals surface area contributed by atoms with Gasteiger partial charge in [0.25, 0.3) is 5.88 Å². The standard InChI is InChI=1S/C22H17ClFN5O5/c23-14-3-1-13(2-4-14)10-28-20(26-21(30)29(22(28)31)16-11-32-12-16)25-15-5-6-18(17(24)9-15)34-19-7-8-33-27-19/h1-9,16H,10-12H2,(H,25,26,30). The lowest BCUT2D eigenvalue weighted by atomic mass is 10.2. The summed E-state index contributed by atoms with van der Waals surface area (Å²) in [4.78, 5) is 32.9. The molecule has 4 aromatic rings. The topological polar surface area (TPSA) is 117 Å². The number of ether oxygens (including phenoxy) is 2. The highest BCUT2D eigenvalue weighted by molar-refractivity contribution is 6.30. The summed E-state index contributed by atoms with van der Waals surface area (Å²) in [6, 6.07) is 11.9. The molecular formula is C22H17ClFN5O5. The maximum absolute atomic E-state index is 14.6. The van der Waals surface area contributed by atoms with E-state index in [-0.39, 0.29) is 48.7 Å². The summed E-state index contributed by atoms with van der Waals surface area (Å²) in [6.45, 7) is 0.631. The first-order chi connectivity index (χ1) is 16.5. The van der Waals surface area contributed by atoms with E-state index in [4.69, 9.17) is 21.1 Å². The molecule has 0 spiro atoms. The second-order valence-electron chi connectivity index (χ2n) is 7.48. The first-order valence-electron chi connectivity index (χ1n) is 10.2. The van der Waals surface area contributed by atoms with Crippen molar-refractivity contribution >= 4 is 17.3 Å². The van der Waals surface area contributed by atoms with Crippen molar-refractivity contribution < 1.29 is 18.4 Å². The van der Waals surface area contributed by atoms with Gasteiger partial charge in [0, 0.05) is 17.2 Å². The molecule has 0 bridgehead atoms. The monoisotopic (exact) mass is 485 g/mol. The van der Waals surface area contributed by atoms with Gasteiger partial charge in [-0.15, -0.1) is 0 Å². The van der Waals surface area contributed by atoms with Crippen molar-refractivity contribution in [3.63, 3.8) is 0 Å². The number of aromatic amines is 1. The van der Waals surface area contributed by atoms with Crippen LogP contribution in [0.1, 0.15) is 11.6 Å². The summed E-state index contributed by atoms with van der Waals surface area (Å²) >= 11 is 5.96. The van der Waals surface area contributed by atoms with Crippen LogP contribution < -0.4 is 21.7 Å². The number of hydrogen-bond donors (Lipinski definition) is 1. The van der Waals surface area contributed by atoms with E-state index in [9.17, 15) is 14.0 Å². The van der Waals surface area contributed by atoms with Crippen molar-refractivity contribution in [2.24, 2.45) is 4.99 Å². The van der Waals surface area contributed by atoms with Crippen LogP contribution in [0.25, 0.3) is 0 Å². The molecule has 0 radical (unpaired) electrons. The van der Waals surface area contributed by atoms with Gasteiger partial charge in [0.2, 0.25) is 5.62 Å². The van der Waals surface area contributed by atoms with E-state index >= 15 is 0 Å². The third-order valence-corrected chi connectivity index (χ3v) is 5.40. The quantitative estimate of drug-likeness (QED) is 0.449.